The van der Waals surface area contributed by atoms with Crippen molar-refractivity contribution in [3.05, 3.63) is 0 Å². The van der Waals surface area contributed by atoms with Gasteiger partial charge in [-0.3, -0.25) is 0 Å². The maximum absolute atomic E-state index is 3.39. The first-order chi connectivity index (χ1) is 1.00. The Kier molecular flexibility index (Phi) is 165. The van der Waals surface area contributed by atoms with Crippen molar-refractivity contribution in [2.45, 2.75) is 0 Å². The van der Waals surface area contributed by atoms with Crippen molar-refractivity contribution in [1.29, 1.82) is 0 Å². The summed E-state index contributed by atoms with van der Waals surface area (Å²) in [7, 11) is 1.06. The van der Waals surface area contributed by atoms with Gasteiger partial charge in [0.15, 0.2) is 0 Å². The van der Waals surface area contributed by atoms with E-state index in [0.29, 0.717) is 0 Å². The van der Waals surface area contributed by atoms with Crippen LogP contribution in [0.25, 0.3) is 0 Å². The molecule has 0 N–H and O–H groups in total. The second-order valence-electron chi connectivity index (χ2n) is 0. The Morgan fingerprint density at radius 2 is 1.20 bits per heavy atom. The summed E-state index contributed by atoms with van der Waals surface area (Å²) in [5.74, 6) is 0. The van der Waals surface area contributed by atoms with Gasteiger partial charge in [-0.2, -0.15) is 0 Å². The van der Waals surface area contributed by atoms with Gasteiger partial charge in [0.2, 0.25) is 0 Å². The third kappa shape index (κ3) is 21.2. The van der Waals surface area contributed by atoms with Crippen LogP contribution in [0.15, 0.2) is 0 Å². The summed E-state index contributed by atoms with van der Waals surface area (Å²) in [6.45, 7) is 0. The molecule has 0 aliphatic heterocycles. The molecule has 0 fully saturated rings. The zero-order valence-electron chi connectivity index (χ0n) is 2.55. The first kappa shape index (κ1) is 26.0. The van der Waals surface area contributed by atoms with Crippen LogP contribution in [0.2, 0.25) is 0 Å². The van der Waals surface area contributed by atoms with Crippen LogP contribution in [0.1, 0.15) is 0 Å². The van der Waals surface area contributed by atoms with Gasteiger partial charge in [-0.1, -0.05) is 0 Å². The molecule has 0 rings (SSSR count). The Morgan fingerprint density at radius 1 is 1.20 bits per heavy atom. The predicted octanol–water partition coefficient (Wildman–Crippen LogP) is -1.19. The molecule has 5 heteroatoms. The minimum atomic E-state index is 0. The van der Waals surface area contributed by atoms with Gasteiger partial charge in [0, 0.05) is 55.3 Å². The van der Waals surface area contributed by atoms with Crippen molar-refractivity contribution in [2.75, 3.05) is 0 Å². The van der Waals surface area contributed by atoms with Crippen LogP contribution >= 0.6 is 0 Å². The number of hydrogen-bond acceptors (Lipinski definition) is 0. The Hall–Kier alpha value is 2.46. The Balaban J connectivity index is -0.00000000167. The van der Waals surface area contributed by atoms with Gasteiger partial charge >= 0.3 is 24.2 Å². The molecular weight excluding hydrogens is 245 g/mol. The molecule has 5 heavy (non-hydrogen) atoms. The molecule has 0 aromatic heterocycles. The van der Waals surface area contributed by atoms with E-state index in [0.717, 1.165) is 8.85 Å². The van der Waals surface area contributed by atoms with Crippen molar-refractivity contribution in [2.24, 2.45) is 0 Å². The average Bonchev–Trinajstić information content (AvgIpc) is 1.00. The summed E-state index contributed by atoms with van der Waals surface area (Å²) < 4.78 is 0. The van der Waals surface area contributed by atoms with Gasteiger partial charge < -0.3 is 0 Å². The molecule has 0 unspecified atom stereocenters. The normalized spacial score (nSPS) is 1.80. The molecule has 0 atom stereocenters. The van der Waals surface area contributed by atoms with E-state index in [-0.39, 0.29) is 55.3 Å². The Labute approximate surface area is 78.6 Å². The van der Waals surface area contributed by atoms with Crippen LogP contribution in [0.5, 0.6) is 0 Å². The van der Waals surface area contributed by atoms with E-state index >= 15 is 0 Å². The number of rotatable bonds is 0. The molecule has 0 saturated heterocycles. The standard InChI is InChI=1S/Fe.Mn.Ni.H3Si.Ti/h;;;1H3;. The van der Waals surface area contributed by atoms with Crippen LogP contribution < -0.4 is 0 Å². The van der Waals surface area contributed by atoms with Crippen LogP contribution in [0.3, 0.4) is 0 Å². The fourth-order valence-corrected chi connectivity index (χ4v) is 0. The monoisotopic (exact) mass is 248 g/mol. The van der Waals surface area contributed by atoms with E-state index in [1.165, 1.54) is 0 Å². The van der Waals surface area contributed by atoms with Crippen molar-refractivity contribution < 1.29 is 70.7 Å². The fourth-order valence-electron chi connectivity index (χ4n) is 0. The van der Waals surface area contributed by atoms with Gasteiger partial charge in [0.05, 0.1) is 0 Å². The van der Waals surface area contributed by atoms with Crippen LogP contribution in [-0.4, -0.2) is 8.85 Å². The zero-order chi connectivity index (χ0) is 2.00. The third-order valence-corrected chi connectivity index (χ3v) is 0. The molecule has 0 aliphatic rings. The third-order valence-electron chi connectivity index (χ3n) is 0. The van der Waals surface area contributed by atoms with Crippen molar-refractivity contribution in [3.8, 4) is 0 Å². The summed E-state index contributed by atoms with van der Waals surface area (Å²) in [5, 5.41) is 0. The van der Waals surface area contributed by atoms with Gasteiger partial charge in [-0.05, 0) is 0 Å². The van der Waals surface area contributed by atoms with Crippen molar-refractivity contribution in [1.82, 2.24) is 0 Å². The summed E-state index contributed by atoms with van der Waals surface area (Å²) >= 11 is 3.39. The fraction of sp³-hybridized carbons (Fsp3) is 0. The zero-order valence-corrected chi connectivity index (χ0v) is 9.38. The van der Waals surface area contributed by atoms with E-state index in [2.05, 4.69) is 15.4 Å². The second kappa shape index (κ2) is 31.8. The van der Waals surface area contributed by atoms with Gasteiger partial charge in [0.25, 0.3) is 0 Å². The van der Waals surface area contributed by atoms with Gasteiger partial charge in [-0.15, -0.1) is 0 Å². The van der Waals surface area contributed by atoms with E-state index in [9.17, 15) is 0 Å². The predicted molar refractivity (Wildman–Crippen MR) is 9.94 cm³/mol. The van der Waals surface area contributed by atoms with E-state index in [1.807, 2.05) is 0 Å². The molecule has 0 saturated carbocycles. The quantitative estimate of drug-likeness (QED) is 0.473. The molecule has 0 nitrogen and oxygen atoms in total. The second-order valence-corrected chi connectivity index (χ2v) is 0. The van der Waals surface area contributed by atoms with Crippen LogP contribution in [0.4, 0.5) is 0 Å². The SMILES string of the molecule is [Mn].[Ni].[SiH3][Fe].[Ti]. The average molecular weight is 248 g/mol. The van der Waals surface area contributed by atoms with E-state index in [1.54, 1.807) is 0 Å². The summed E-state index contributed by atoms with van der Waals surface area (Å²) in [6, 6.07) is 0. The topological polar surface area (TPSA) is 0 Å². The van der Waals surface area contributed by atoms with Crippen LogP contribution in [-0.2, 0) is 70.7 Å². The molecule has 0 heterocycles. The molecule has 0 spiro atoms. The molecule has 36 valence electrons. The minimum absolute atomic E-state index is 0. The Bertz CT molecular complexity index is 11.6. The van der Waals surface area contributed by atoms with Crippen LogP contribution in [0, 0.1) is 0 Å². The van der Waals surface area contributed by atoms with Crippen molar-refractivity contribution >= 4 is 8.85 Å². The smallest absolute Gasteiger partial charge is 0 e. The maximum atomic E-state index is 3.39. The first-order valence-corrected chi connectivity index (χ1v) is 4.37. The molecule has 0 aliphatic carbocycles. The molecule has 0 aromatic carbocycles. The number of hydrogen-bond donors (Lipinski definition) is 0. The maximum Gasteiger partial charge on any atom is 0 e. The Morgan fingerprint density at radius 3 is 1.20 bits per heavy atom. The molecule has 1 radical (unpaired) electrons. The largest absolute Gasteiger partial charge is 0 e. The summed E-state index contributed by atoms with van der Waals surface area (Å²) in [5.41, 5.74) is 0. The van der Waals surface area contributed by atoms with Gasteiger partial charge in [-0.25, -0.2) is 0 Å². The first-order valence-electron chi connectivity index (χ1n) is 0.354. The molecule has 0 amide bonds. The van der Waals surface area contributed by atoms with E-state index in [4.69, 9.17) is 0 Å². The minimum Gasteiger partial charge on any atom is 0 e. The van der Waals surface area contributed by atoms with Gasteiger partial charge in [0.1, 0.15) is 0 Å². The molecule has 0 aromatic rings. The summed E-state index contributed by atoms with van der Waals surface area (Å²) in [6.07, 6.45) is 0. The molecular formula is H3FeMnNiSiTi. The summed E-state index contributed by atoms with van der Waals surface area (Å²) in [4.78, 5) is 0. The van der Waals surface area contributed by atoms with E-state index < -0.39 is 0 Å². The molecule has 0 bridgehead atoms. The van der Waals surface area contributed by atoms with Crippen molar-refractivity contribution in [3.63, 3.8) is 0 Å².